The number of ether oxygens (including phenoxy) is 1. The Kier molecular flexibility index (Phi) is 4.78. The van der Waals surface area contributed by atoms with Gasteiger partial charge in [-0.3, -0.25) is 4.79 Å². The van der Waals surface area contributed by atoms with Crippen LogP contribution in [0, 0.1) is 0 Å². The van der Waals surface area contributed by atoms with Crippen LogP contribution in [0.4, 0.5) is 5.69 Å². The minimum atomic E-state index is -0.296. The van der Waals surface area contributed by atoms with Gasteiger partial charge in [0.25, 0.3) is 0 Å². The lowest BCUT2D eigenvalue weighted by atomic mass is 9.99. The predicted octanol–water partition coefficient (Wildman–Crippen LogP) is 2.07. The van der Waals surface area contributed by atoms with E-state index in [1.807, 2.05) is 42.5 Å². The van der Waals surface area contributed by atoms with Crippen LogP contribution in [0.2, 0.25) is 0 Å². The van der Waals surface area contributed by atoms with Gasteiger partial charge in [-0.15, -0.1) is 0 Å². The fourth-order valence-electron chi connectivity index (χ4n) is 2.75. The molecule has 120 valence electrons. The van der Waals surface area contributed by atoms with Crippen LogP contribution >= 0.6 is 0 Å². The molecular formula is C18H21N3O2. The summed E-state index contributed by atoms with van der Waals surface area (Å²) in [6.45, 7) is 1.25. The molecule has 1 aliphatic rings. The lowest BCUT2D eigenvalue weighted by Crippen LogP contribution is -2.43. The van der Waals surface area contributed by atoms with Crippen molar-refractivity contribution in [1.29, 1.82) is 0 Å². The van der Waals surface area contributed by atoms with Gasteiger partial charge < -0.3 is 21.1 Å². The molecule has 0 radical (unpaired) electrons. The summed E-state index contributed by atoms with van der Waals surface area (Å²) < 4.78 is 6.21. The van der Waals surface area contributed by atoms with E-state index in [4.69, 9.17) is 10.5 Å². The topological polar surface area (TPSA) is 76.4 Å². The molecule has 1 heterocycles. The summed E-state index contributed by atoms with van der Waals surface area (Å²) >= 11 is 0. The van der Waals surface area contributed by atoms with Crippen LogP contribution in [0.25, 0.3) is 0 Å². The number of primary amides is 1. The van der Waals surface area contributed by atoms with E-state index < -0.39 is 0 Å². The van der Waals surface area contributed by atoms with Gasteiger partial charge in [0.2, 0.25) is 5.91 Å². The van der Waals surface area contributed by atoms with E-state index in [9.17, 15) is 4.79 Å². The predicted molar refractivity (Wildman–Crippen MR) is 90.3 cm³/mol. The lowest BCUT2D eigenvalue weighted by Gasteiger charge is -2.35. The molecule has 0 fully saturated rings. The molecule has 2 unspecified atom stereocenters. The average molecular weight is 311 g/mol. The van der Waals surface area contributed by atoms with Gasteiger partial charge in [-0.2, -0.15) is 0 Å². The van der Waals surface area contributed by atoms with Gasteiger partial charge in [-0.1, -0.05) is 42.5 Å². The maximum atomic E-state index is 10.8. The highest BCUT2D eigenvalue weighted by molar-refractivity contribution is 5.73. The zero-order valence-corrected chi connectivity index (χ0v) is 12.9. The molecule has 5 nitrogen and oxygen atoms in total. The Morgan fingerprint density at radius 1 is 1.13 bits per heavy atom. The van der Waals surface area contributed by atoms with Crippen molar-refractivity contribution in [3.63, 3.8) is 0 Å². The summed E-state index contributed by atoms with van der Waals surface area (Å²) in [5.41, 5.74) is 7.28. The molecule has 0 bridgehead atoms. The summed E-state index contributed by atoms with van der Waals surface area (Å²) in [6, 6.07) is 18.1. The normalized spacial score (nSPS) is 19.3. The third-order valence-electron chi connectivity index (χ3n) is 3.89. The largest absolute Gasteiger partial charge is 0.481 e. The number of anilines is 1. The van der Waals surface area contributed by atoms with Crippen molar-refractivity contribution >= 4 is 11.6 Å². The molecular weight excluding hydrogens is 290 g/mol. The van der Waals surface area contributed by atoms with E-state index in [2.05, 4.69) is 22.8 Å². The second-order valence-electron chi connectivity index (χ2n) is 5.62. The minimum absolute atomic E-state index is 0.0696. The molecule has 23 heavy (non-hydrogen) atoms. The van der Waals surface area contributed by atoms with Crippen molar-refractivity contribution in [2.75, 3.05) is 18.4 Å². The van der Waals surface area contributed by atoms with Crippen molar-refractivity contribution in [2.24, 2.45) is 5.73 Å². The number of amides is 1. The number of benzene rings is 2. The Morgan fingerprint density at radius 2 is 1.87 bits per heavy atom. The van der Waals surface area contributed by atoms with Crippen molar-refractivity contribution < 1.29 is 9.53 Å². The number of fused-ring (bicyclic) bond motifs is 1. The average Bonchev–Trinajstić information content (AvgIpc) is 2.58. The standard InChI is InChI=1S/C18H21N3O2/c19-17(22)10-11-20-12-15-18(13-6-2-1-3-7-13)23-16-9-5-4-8-14(16)21-15/h1-9,15,18,20-21H,10-12H2,(H2,19,22). The van der Waals surface area contributed by atoms with Crippen molar-refractivity contribution in [3.8, 4) is 5.75 Å². The van der Waals surface area contributed by atoms with Crippen LogP contribution in [0.5, 0.6) is 5.75 Å². The molecule has 1 aliphatic heterocycles. The quantitative estimate of drug-likeness (QED) is 0.714. The molecule has 4 N–H and O–H groups in total. The fraction of sp³-hybridized carbons (Fsp3) is 0.278. The van der Waals surface area contributed by atoms with Crippen molar-refractivity contribution in [1.82, 2.24) is 5.32 Å². The first-order valence-electron chi connectivity index (χ1n) is 7.80. The highest BCUT2D eigenvalue weighted by atomic mass is 16.5. The van der Waals surface area contributed by atoms with Gasteiger partial charge in [0, 0.05) is 19.5 Å². The van der Waals surface area contributed by atoms with Crippen LogP contribution in [0.3, 0.4) is 0 Å². The maximum Gasteiger partial charge on any atom is 0.218 e. The Labute approximate surface area is 135 Å². The third-order valence-corrected chi connectivity index (χ3v) is 3.89. The first-order chi connectivity index (χ1) is 11.2. The molecule has 1 amide bonds. The van der Waals surface area contributed by atoms with Crippen LogP contribution < -0.4 is 21.1 Å². The highest BCUT2D eigenvalue weighted by Gasteiger charge is 2.30. The van der Waals surface area contributed by atoms with E-state index in [-0.39, 0.29) is 18.1 Å². The zero-order chi connectivity index (χ0) is 16.1. The number of carbonyl (C=O) groups excluding carboxylic acids is 1. The molecule has 2 aromatic carbocycles. The zero-order valence-electron chi connectivity index (χ0n) is 12.9. The monoisotopic (exact) mass is 311 g/mol. The molecule has 2 atom stereocenters. The highest BCUT2D eigenvalue weighted by Crippen LogP contribution is 2.36. The summed E-state index contributed by atoms with van der Waals surface area (Å²) in [6.07, 6.45) is 0.243. The van der Waals surface area contributed by atoms with Gasteiger partial charge in [-0.05, 0) is 17.7 Å². The number of hydrogen-bond acceptors (Lipinski definition) is 4. The first-order valence-corrected chi connectivity index (χ1v) is 7.80. The van der Waals surface area contributed by atoms with Gasteiger partial charge in [-0.25, -0.2) is 0 Å². The number of nitrogens with two attached hydrogens (primary N) is 1. The summed E-state index contributed by atoms with van der Waals surface area (Å²) in [7, 11) is 0. The van der Waals surface area contributed by atoms with E-state index >= 15 is 0 Å². The Bertz CT molecular complexity index is 660. The number of carbonyl (C=O) groups is 1. The number of nitrogens with one attached hydrogen (secondary N) is 2. The minimum Gasteiger partial charge on any atom is -0.481 e. The second-order valence-corrected chi connectivity index (χ2v) is 5.62. The van der Waals surface area contributed by atoms with Crippen LogP contribution in [0.1, 0.15) is 18.1 Å². The summed E-state index contributed by atoms with van der Waals surface area (Å²) in [5.74, 6) is 0.560. The maximum absolute atomic E-state index is 10.8. The van der Waals surface area contributed by atoms with E-state index in [1.54, 1.807) is 0 Å². The van der Waals surface area contributed by atoms with Crippen molar-refractivity contribution in [2.45, 2.75) is 18.6 Å². The Morgan fingerprint density at radius 3 is 2.65 bits per heavy atom. The van der Waals surface area contributed by atoms with E-state index in [0.717, 1.165) is 17.0 Å². The summed E-state index contributed by atoms with van der Waals surface area (Å²) in [5, 5.41) is 6.80. The molecule has 2 aromatic rings. The van der Waals surface area contributed by atoms with Gasteiger partial charge >= 0.3 is 0 Å². The molecule has 0 saturated heterocycles. The van der Waals surface area contributed by atoms with Gasteiger partial charge in [0.1, 0.15) is 11.9 Å². The Hall–Kier alpha value is -2.53. The molecule has 0 aromatic heterocycles. The number of hydrogen-bond donors (Lipinski definition) is 3. The second kappa shape index (κ2) is 7.15. The summed E-state index contributed by atoms with van der Waals surface area (Å²) in [4.78, 5) is 10.8. The molecule has 5 heteroatoms. The smallest absolute Gasteiger partial charge is 0.218 e. The fourth-order valence-corrected chi connectivity index (χ4v) is 2.75. The third kappa shape index (κ3) is 3.81. The number of rotatable bonds is 6. The molecule has 0 spiro atoms. The van der Waals surface area contributed by atoms with E-state index in [1.165, 1.54) is 0 Å². The molecule has 0 saturated carbocycles. The number of para-hydroxylation sites is 2. The van der Waals surface area contributed by atoms with Crippen LogP contribution in [-0.4, -0.2) is 25.0 Å². The van der Waals surface area contributed by atoms with Crippen LogP contribution in [-0.2, 0) is 4.79 Å². The Balaban J connectivity index is 1.75. The van der Waals surface area contributed by atoms with E-state index in [0.29, 0.717) is 19.5 Å². The lowest BCUT2D eigenvalue weighted by molar-refractivity contribution is -0.117. The SMILES string of the molecule is NC(=O)CCNCC1Nc2ccccc2OC1c1ccccc1. The molecule has 3 rings (SSSR count). The van der Waals surface area contributed by atoms with Crippen LogP contribution in [0.15, 0.2) is 54.6 Å². The van der Waals surface area contributed by atoms with Crippen molar-refractivity contribution in [3.05, 3.63) is 60.2 Å². The molecule has 0 aliphatic carbocycles. The first kappa shape index (κ1) is 15.4. The van der Waals surface area contributed by atoms with Gasteiger partial charge in [0.15, 0.2) is 0 Å². The van der Waals surface area contributed by atoms with Gasteiger partial charge in [0.05, 0.1) is 11.7 Å².